The molecule has 0 spiro atoms. The molecular weight excluding hydrogens is 278 g/mol. The first kappa shape index (κ1) is 14.2. The second-order valence-corrected chi connectivity index (χ2v) is 6.39. The Balaban J connectivity index is 3.12. The minimum absolute atomic E-state index is 0.169. The minimum Gasteiger partial charge on any atom is -0.371 e. The van der Waals surface area contributed by atoms with E-state index in [0.717, 1.165) is 22.0 Å². The van der Waals surface area contributed by atoms with Crippen LogP contribution in [0.5, 0.6) is 0 Å². The summed E-state index contributed by atoms with van der Waals surface area (Å²) < 4.78 is 0.931. The molecule has 1 atom stereocenters. The molecule has 94 valence electrons. The van der Waals surface area contributed by atoms with Crippen LogP contribution in [0.3, 0.4) is 0 Å². The van der Waals surface area contributed by atoms with E-state index < -0.39 is 0 Å². The van der Waals surface area contributed by atoms with E-state index >= 15 is 0 Å². The molecule has 0 amide bonds. The van der Waals surface area contributed by atoms with E-state index in [9.17, 15) is 4.79 Å². The first-order valence-electron chi connectivity index (χ1n) is 5.75. The van der Waals surface area contributed by atoms with Gasteiger partial charge in [0.15, 0.2) is 6.29 Å². The van der Waals surface area contributed by atoms with Crippen LogP contribution in [-0.2, 0) is 0 Å². The highest BCUT2D eigenvalue weighted by Crippen LogP contribution is 2.30. The topological polar surface area (TPSA) is 20.3 Å². The Hall–Kier alpha value is -0.830. The molecule has 0 heterocycles. The molecule has 3 heteroatoms. The fourth-order valence-electron chi connectivity index (χ4n) is 1.73. The number of nitrogens with zero attached hydrogens (tertiary/aromatic N) is 1. The first-order valence-corrected chi connectivity index (χ1v) is 6.54. The van der Waals surface area contributed by atoms with E-state index in [1.165, 1.54) is 0 Å². The maximum atomic E-state index is 11.1. The Morgan fingerprint density at radius 3 is 2.41 bits per heavy atom. The van der Waals surface area contributed by atoms with Gasteiger partial charge in [-0.2, -0.15) is 0 Å². The smallest absolute Gasteiger partial charge is 0.152 e. The van der Waals surface area contributed by atoms with Crippen molar-refractivity contribution in [3.63, 3.8) is 0 Å². The van der Waals surface area contributed by atoms with Crippen molar-refractivity contribution >= 4 is 27.9 Å². The standard InChI is InChI=1S/C14H20BrNO/c1-10(14(2,3)4)16(5)13-7-6-12(15)8-11(13)9-17/h6-10H,1-5H3. The molecule has 0 fully saturated rings. The largest absolute Gasteiger partial charge is 0.371 e. The fourth-order valence-corrected chi connectivity index (χ4v) is 2.11. The molecule has 1 aromatic carbocycles. The number of anilines is 1. The van der Waals surface area contributed by atoms with Crippen LogP contribution in [0.4, 0.5) is 5.69 Å². The van der Waals surface area contributed by atoms with Gasteiger partial charge in [-0.15, -0.1) is 0 Å². The van der Waals surface area contributed by atoms with Gasteiger partial charge in [0.2, 0.25) is 0 Å². The molecule has 0 aliphatic rings. The molecule has 0 radical (unpaired) electrons. The summed E-state index contributed by atoms with van der Waals surface area (Å²) in [5, 5.41) is 0. The monoisotopic (exact) mass is 297 g/mol. The van der Waals surface area contributed by atoms with Crippen LogP contribution in [-0.4, -0.2) is 19.4 Å². The lowest BCUT2D eigenvalue weighted by atomic mass is 9.86. The van der Waals surface area contributed by atoms with Crippen LogP contribution >= 0.6 is 15.9 Å². The Bertz CT molecular complexity index is 409. The number of hydrogen-bond acceptors (Lipinski definition) is 2. The van der Waals surface area contributed by atoms with Gasteiger partial charge < -0.3 is 4.90 Å². The Morgan fingerprint density at radius 1 is 1.35 bits per heavy atom. The van der Waals surface area contributed by atoms with E-state index in [4.69, 9.17) is 0 Å². The van der Waals surface area contributed by atoms with Gasteiger partial charge in [0.1, 0.15) is 0 Å². The van der Waals surface area contributed by atoms with Gasteiger partial charge in [-0.3, -0.25) is 4.79 Å². The molecule has 1 unspecified atom stereocenters. The molecule has 2 nitrogen and oxygen atoms in total. The number of halogens is 1. The fraction of sp³-hybridized carbons (Fsp3) is 0.500. The zero-order valence-corrected chi connectivity index (χ0v) is 12.7. The van der Waals surface area contributed by atoms with Crippen molar-refractivity contribution < 1.29 is 4.79 Å². The molecular formula is C14H20BrNO. The van der Waals surface area contributed by atoms with Crippen LogP contribution in [0, 0.1) is 5.41 Å². The molecule has 0 N–H and O–H groups in total. The predicted octanol–water partition coefficient (Wildman–Crippen LogP) is 4.13. The lowest BCUT2D eigenvalue weighted by Crippen LogP contribution is -2.39. The number of benzene rings is 1. The van der Waals surface area contributed by atoms with Crippen molar-refractivity contribution in [1.82, 2.24) is 0 Å². The van der Waals surface area contributed by atoms with Crippen LogP contribution < -0.4 is 4.90 Å². The summed E-state index contributed by atoms with van der Waals surface area (Å²) in [4.78, 5) is 13.3. The summed E-state index contributed by atoms with van der Waals surface area (Å²) >= 11 is 3.39. The zero-order chi connectivity index (χ0) is 13.2. The maximum Gasteiger partial charge on any atom is 0.152 e. The average Bonchev–Trinajstić information content (AvgIpc) is 2.25. The summed E-state index contributed by atoms with van der Waals surface area (Å²) in [5.41, 5.74) is 1.87. The summed E-state index contributed by atoms with van der Waals surface area (Å²) in [5.74, 6) is 0. The highest BCUT2D eigenvalue weighted by molar-refractivity contribution is 9.10. The van der Waals surface area contributed by atoms with Gasteiger partial charge in [-0.25, -0.2) is 0 Å². The minimum atomic E-state index is 0.169. The third-order valence-corrected chi connectivity index (χ3v) is 3.82. The Morgan fingerprint density at radius 2 is 1.94 bits per heavy atom. The van der Waals surface area contributed by atoms with Crippen LogP contribution in [0.1, 0.15) is 38.1 Å². The van der Waals surface area contributed by atoms with Crippen molar-refractivity contribution in [3.05, 3.63) is 28.2 Å². The van der Waals surface area contributed by atoms with Gasteiger partial charge in [-0.1, -0.05) is 36.7 Å². The van der Waals surface area contributed by atoms with Crippen molar-refractivity contribution in [3.8, 4) is 0 Å². The second-order valence-electron chi connectivity index (χ2n) is 5.47. The van der Waals surface area contributed by atoms with Crippen molar-refractivity contribution in [2.45, 2.75) is 33.7 Å². The van der Waals surface area contributed by atoms with Crippen LogP contribution in [0.15, 0.2) is 22.7 Å². The Kier molecular flexibility index (Phi) is 4.36. The molecule has 0 saturated heterocycles. The van der Waals surface area contributed by atoms with Gasteiger partial charge in [0.05, 0.1) is 0 Å². The summed E-state index contributed by atoms with van der Waals surface area (Å²) in [6.45, 7) is 8.78. The van der Waals surface area contributed by atoms with Crippen molar-refractivity contribution in [2.75, 3.05) is 11.9 Å². The third kappa shape index (κ3) is 3.32. The molecule has 0 aliphatic carbocycles. The molecule has 0 aromatic heterocycles. The normalized spacial score (nSPS) is 13.3. The summed E-state index contributed by atoms with van der Waals surface area (Å²) in [6.07, 6.45) is 0.909. The Labute approximate surface area is 112 Å². The highest BCUT2D eigenvalue weighted by Gasteiger charge is 2.25. The van der Waals surface area contributed by atoms with E-state index in [1.807, 2.05) is 25.2 Å². The third-order valence-electron chi connectivity index (χ3n) is 3.33. The maximum absolute atomic E-state index is 11.1. The number of rotatable bonds is 3. The molecule has 1 aromatic rings. The van der Waals surface area contributed by atoms with Crippen LogP contribution in [0.25, 0.3) is 0 Å². The SMILES string of the molecule is CC(N(C)c1ccc(Br)cc1C=O)C(C)(C)C. The lowest BCUT2D eigenvalue weighted by molar-refractivity contribution is 0.112. The van der Waals surface area contributed by atoms with Gasteiger partial charge in [0, 0.05) is 28.8 Å². The summed E-state index contributed by atoms with van der Waals surface area (Å²) in [6, 6.07) is 6.15. The van der Waals surface area contributed by atoms with Gasteiger partial charge in [0.25, 0.3) is 0 Å². The predicted molar refractivity (Wildman–Crippen MR) is 76.8 cm³/mol. The zero-order valence-electron chi connectivity index (χ0n) is 11.1. The quantitative estimate of drug-likeness (QED) is 0.782. The molecule has 0 aliphatic heterocycles. The van der Waals surface area contributed by atoms with Gasteiger partial charge in [-0.05, 0) is 30.5 Å². The van der Waals surface area contributed by atoms with Crippen molar-refractivity contribution in [1.29, 1.82) is 0 Å². The van der Waals surface area contributed by atoms with Crippen molar-refractivity contribution in [2.24, 2.45) is 5.41 Å². The van der Waals surface area contributed by atoms with E-state index in [1.54, 1.807) is 0 Å². The highest BCUT2D eigenvalue weighted by atomic mass is 79.9. The van der Waals surface area contributed by atoms with Crippen LogP contribution in [0.2, 0.25) is 0 Å². The van der Waals surface area contributed by atoms with E-state index in [0.29, 0.717) is 6.04 Å². The molecule has 0 saturated carbocycles. The molecule has 17 heavy (non-hydrogen) atoms. The number of aldehydes is 1. The molecule has 1 rings (SSSR count). The second kappa shape index (κ2) is 5.21. The van der Waals surface area contributed by atoms with E-state index in [2.05, 4.69) is 48.5 Å². The van der Waals surface area contributed by atoms with Gasteiger partial charge >= 0.3 is 0 Å². The molecule has 0 bridgehead atoms. The lowest BCUT2D eigenvalue weighted by Gasteiger charge is -2.37. The number of carbonyl (C=O) groups excluding carboxylic acids is 1. The summed E-state index contributed by atoms with van der Waals surface area (Å²) in [7, 11) is 2.03. The number of hydrogen-bond donors (Lipinski definition) is 0. The first-order chi connectivity index (χ1) is 7.77. The average molecular weight is 298 g/mol. The van der Waals surface area contributed by atoms with E-state index in [-0.39, 0.29) is 5.41 Å². The number of carbonyl (C=O) groups is 1.